The van der Waals surface area contributed by atoms with Gasteiger partial charge in [0.25, 0.3) is 0 Å². The van der Waals surface area contributed by atoms with Crippen molar-refractivity contribution in [2.75, 3.05) is 60.2 Å². The first-order chi connectivity index (χ1) is 12.0. The van der Waals surface area contributed by atoms with Crippen LogP contribution >= 0.6 is 24.0 Å². The van der Waals surface area contributed by atoms with Crippen molar-refractivity contribution in [3.63, 3.8) is 0 Å². The van der Waals surface area contributed by atoms with Crippen molar-refractivity contribution in [3.8, 4) is 0 Å². The van der Waals surface area contributed by atoms with Gasteiger partial charge in [0.15, 0.2) is 5.96 Å². The number of halogens is 1. The zero-order valence-corrected chi connectivity index (χ0v) is 19.4. The molecule has 1 aliphatic heterocycles. The Morgan fingerprint density at radius 2 is 1.85 bits per heavy atom. The number of methoxy groups -OCH3 is 1. The van der Waals surface area contributed by atoms with Crippen molar-refractivity contribution in [2.24, 2.45) is 10.4 Å². The Kier molecular flexibility index (Phi) is 10.7. The van der Waals surface area contributed by atoms with E-state index in [1.807, 2.05) is 7.05 Å². The summed E-state index contributed by atoms with van der Waals surface area (Å²) in [6, 6.07) is 0. The number of guanidine groups is 1. The van der Waals surface area contributed by atoms with Crippen LogP contribution in [0.1, 0.15) is 46.0 Å². The predicted octanol–water partition coefficient (Wildman–Crippen LogP) is 2.48. The van der Waals surface area contributed by atoms with E-state index < -0.39 is 0 Å². The van der Waals surface area contributed by atoms with Gasteiger partial charge in [-0.15, -0.1) is 24.0 Å². The zero-order chi connectivity index (χ0) is 18.2. The lowest BCUT2D eigenvalue weighted by atomic mass is 9.83. The number of ether oxygens (including phenoxy) is 2. The molecule has 0 atom stereocenters. The fourth-order valence-electron chi connectivity index (χ4n) is 4.03. The fourth-order valence-corrected chi connectivity index (χ4v) is 4.03. The standard InChI is InChI=1S/C19H38N4O2.HI/c1-18(2,23-10-13-25-14-11-23)15-21-17(20-3)22-16-19(9-12-24-4)7-5-6-8-19;/h5-16H2,1-4H3,(H2,20,21,22);1H. The average molecular weight is 482 g/mol. The van der Waals surface area contributed by atoms with Gasteiger partial charge in [-0.25, -0.2) is 0 Å². The van der Waals surface area contributed by atoms with E-state index in [0.717, 1.165) is 58.4 Å². The second-order valence-corrected chi connectivity index (χ2v) is 8.14. The molecule has 0 amide bonds. The van der Waals surface area contributed by atoms with Gasteiger partial charge in [0.1, 0.15) is 0 Å². The van der Waals surface area contributed by atoms with Gasteiger partial charge in [-0.1, -0.05) is 12.8 Å². The van der Waals surface area contributed by atoms with E-state index in [9.17, 15) is 0 Å². The van der Waals surface area contributed by atoms with Crippen molar-refractivity contribution in [1.82, 2.24) is 15.5 Å². The van der Waals surface area contributed by atoms with E-state index in [0.29, 0.717) is 5.41 Å². The van der Waals surface area contributed by atoms with Crippen molar-refractivity contribution in [2.45, 2.75) is 51.5 Å². The van der Waals surface area contributed by atoms with Gasteiger partial charge in [-0.2, -0.15) is 0 Å². The van der Waals surface area contributed by atoms with Gasteiger partial charge < -0.3 is 20.1 Å². The molecule has 2 fully saturated rings. The highest BCUT2D eigenvalue weighted by Crippen LogP contribution is 2.40. The van der Waals surface area contributed by atoms with Crippen LogP contribution in [0.25, 0.3) is 0 Å². The summed E-state index contributed by atoms with van der Waals surface area (Å²) in [7, 11) is 3.65. The first-order valence-electron chi connectivity index (χ1n) is 9.78. The number of rotatable bonds is 8. The van der Waals surface area contributed by atoms with Gasteiger partial charge in [-0.05, 0) is 38.5 Å². The van der Waals surface area contributed by atoms with Crippen molar-refractivity contribution < 1.29 is 9.47 Å². The summed E-state index contributed by atoms with van der Waals surface area (Å²) in [6.45, 7) is 10.9. The maximum atomic E-state index is 5.47. The predicted molar refractivity (Wildman–Crippen MR) is 119 cm³/mol. The Balaban J connectivity index is 0.00000338. The summed E-state index contributed by atoms with van der Waals surface area (Å²) < 4.78 is 10.8. The van der Waals surface area contributed by atoms with Crippen LogP contribution in [-0.4, -0.2) is 76.6 Å². The van der Waals surface area contributed by atoms with Crippen LogP contribution in [0, 0.1) is 5.41 Å². The highest BCUT2D eigenvalue weighted by atomic mass is 127. The van der Waals surface area contributed by atoms with Crippen molar-refractivity contribution in [3.05, 3.63) is 0 Å². The van der Waals surface area contributed by atoms with Gasteiger partial charge >= 0.3 is 0 Å². The quantitative estimate of drug-likeness (QED) is 0.316. The molecule has 1 saturated heterocycles. The van der Waals surface area contributed by atoms with E-state index in [1.165, 1.54) is 25.7 Å². The molecular formula is C19H39IN4O2. The van der Waals surface area contributed by atoms with Crippen LogP contribution in [0.5, 0.6) is 0 Å². The van der Waals surface area contributed by atoms with Crippen LogP contribution in [0.2, 0.25) is 0 Å². The number of morpholine rings is 1. The lowest BCUT2D eigenvalue weighted by Gasteiger charge is -2.41. The molecule has 0 unspecified atom stereocenters. The number of nitrogens with one attached hydrogen (secondary N) is 2. The Labute approximate surface area is 176 Å². The minimum absolute atomic E-state index is 0. The van der Waals surface area contributed by atoms with Gasteiger partial charge in [0, 0.05) is 52.5 Å². The van der Waals surface area contributed by atoms with Gasteiger partial charge in [0.05, 0.1) is 13.2 Å². The zero-order valence-electron chi connectivity index (χ0n) is 17.1. The molecule has 2 aliphatic rings. The van der Waals surface area contributed by atoms with E-state index in [4.69, 9.17) is 9.47 Å². The van der Waals surface area contributed by atoms with Crippen LogP contribution in [0.3, 0.4) is 0 Å². The molecule has 1 heterocycles. The minimum atomic E-state index is 0. The second kappa shape index (κ2) is 11.7. The van der Waals surface area contributed by atoms with E-state index >= 15 is 0 Å². The maximum absolute atomic E-state index is 5.47. The highest BCUT2D eigenvalue weighted by Gasteiger charge is 2.34. The normalized spacial score (nSPS) is 21.3. The highest BCUT2D eigenvalue weighted by molar-refractivity contribution is 14.0. The number of aliphatic imine (C=N–C) groups is 1. The molecule has 2 N–H and O–H groups in total. The molecule has 0 aromatic heterocycles. The van der Waals surface area contributed by atoms with Crippen molar-refractivity contribution in [1.29, 1.82) is 0 Å². The molecule has 6 nitrogen and oxygen atoms in total. The largest absolute Gasteiger partial charge is 0.385 e. The SMILES string of the molecule is CN=C(NCC1(CCOC)CCCC1)NCC(C)(C)N1CCOCC1.I. The third-order valence-electron chi connectivity index (χ3n) is 5.91. The molecule has 154 valence electrons. The molecule has 0 spiro atoms. The molecule has 1 aliphatic carbocycles. The number of hydrogen-bond acceptors (Lipinski definition) is 4. The van der Waals surface area contributed by atoms with Crippen LogP contribution in [0.4, 0.5) is 0 Å². The molecule has 7 heteroatoms. The average Bonchev–Trinajstić information content (AvgIpc) is 3.10. The molecule has 1 saturated carbocycles. The minimum Gasteiger partial charge on any atom is -0.385 e. The molecule has 0 aromatic rings. The summed E-state index contributed by atoms with van der Waals surface area (Å²) in [6.07, 6.45) is 6.38. The smallest absolute Gasteiger partial charge is 0.191 e. The summed E-state index contributed by atoms with van der Waals surface area (Å²) in [5.41, 5.74) is 0.454. The lowest BCUT2D eigenvalue weighted by molar-refractivity contribution is -0.00835. The van der Waals surface area contributed by atoms with Crippen LogP contribution in [-0.2, 0) is 9.47 Å². The topological polar surface area (TPSA) is 58.1 Å². The van der Waals surface area contributed by atoms with Crippen molar-refractivity contribution >= 4 is 29.9 Å². The Morgan fingerprint density at radius 1 is 1.19 bits per heavy atom. The van der Waals surface area contributed by atoms with E-state index in [-0.39, 0.29) is 29.5 Å². The molecule has 0 aromatic carbocycles. The summed E-state index contributed by atoms with van der Waals surface area (Å²) in [5, 5.41) is 7.11. The first kappa shape index (κ1) is 23.9. The third-order valence-corrected chi connectivity index (χ3v) is 5.91. The fraction of sp³-hybridized carbons (Fsp3) is 0.947. The van der Waals surface area contributed by atoms with Crippen LogP contribution in [0.15, 0.2) is 4.99 Å². The number of nitrogens with zero attached hydrogens (tertiary/aromatic N) is 2. The maximum Gasteiger partial charge on any atom is 0.191 e. The Hall–Kier alpha value is -0.120. The summed E-state index contributed by atoms with van der Waals surface area (Å²) in [5.74, 6) is 0.907. The first-order valence-corrected chi connectivity index (χ1v) is 9.78. The number of hydrogen-bond donors (Lipinski definition) is 2. The molecule has 0 radical (unpaired) electrons. The van der Waals surface area contributed by atoms with Gasteiger partial charge in [0.2, 0.25) is 0 Å². The summed E-state index contributed by atoms with van der Waals surface area (Å²) in [4.78, 5) is 6.92. The molecule has 0 bridgehead atoms. The van der Waals surface area contributed by atoms with E-state index in [2.05, 4.69) is 34.4 Å². The summed E-state index contributed by atoms with van der Waals surface area (Å²) >= 11 is 0. The molecule has 26 heavy (non-hydrogen) atoms. The van der Waals surface area contributed by atoms with Gasteiger partial charge in [-0.3, -0.25) is 9.89 Å². The monoisotopic (exact) mass is 482 g/mol. The molecule has 2 rings (SSSR count). The van der Waals surface area contributed by atoms with Crippen LogP contribution < -0.4 is 10.6 Å². The second-order valence-electron chi connectivity index (χ2n) is 8.14. The van der Waals surface area contributed by atoms with E-state index in [1.54, 1.807) is 7.11 Å². The molecular weight excluding hydrogens is 443 g/mol. The Bertz CT molecular complexity index is 420. The third kappa shape index (κ3) is 7.13. The lowest BCUT2D eigenvalue weighted by Crippen LogP contribution is -2.57. The Morgan fingerprint density at radius 3 is 2.42 bits per heavy atom.